The van der Waals surface area contributed by atoms with Crippen molar-refractivity contribution < 1.29 is 9.31 Å². The van der Waals surface area contributed by atoms with Gasteiger partial charge in [0, 0.05) is 6.21 Å². The average Bonchev–Trinajstić information content (AvgIpc) is 2.75. The summed E-state index contributed by atoms with van der Waals surface area (Å²) < 4.78 is 12.3. The van der Waals surface area contributed by atoms with Crippen LogP contribution in [0.2, 0.25) is 0 Å². The number of rotatable bonds is 3. The minimum absolute atomic E-state index is 0.340. The largest absolute Gasteiger partial charge is 0.494 e. The second kappa shape index (κ2) is 6.68. The second-order valence-corrected chi connectivity index (χ2v) is 8.25. The lowest BCUT2D eigenvalue weighted by atomic mass is 9.79. The van der Waals surface area contributed by atoms with Crippen molar-refractivity contribution in [2.45, 2.75) is 59.7 Å². The number of hydrogen-bond acceptors (Lipinski definition) is 3. The lowest BCUT2D eigenvalue weighted by Gasteiger charge is -2.32. The van der Waals surface area contributed by atoms with Crippen molar-refractivity contribution in [1.29, 1.82) is 0 Å². The molecule has 1 aliphatic heterocycles. The SMILES string of the molecule is Cc1cc(C)c(C=Nc2cccc(B3OC(C)(C)C(C)(C)O3)c2)c(C)c1. The molecule has 0 N–H and O–H groups in total. The Bertz CT molecular complexity index is 816. The summed E-state index contributed by atoms with van der Waals surface area (Å²) in [6.07, 6.45) is 1.95. The third-order valence-corrected chi connectivity index (χ3v) is 5.48. The Labute approximate surface area is 157 Å². The van der Waals surface area contributed by atoms with Gasteiger partial charge in [-0.2, -0.15) is 0 Å². The van der Waals surface area contributed by atoms with E-state index in [1.165, 1.54) is 22.3 Å². The van der Waals surface area contributed by atoms with E-state index in [0.717, 1.165) is 11.2 Å². The third-order valence-electron chi connectivity index (χ3n) is 5.48. The van der Waals surface area contributed by atoms with Gasteiger partial charge in [0.1, 0.15) is 0 Å². The van der Waals surface area contributed by atoms with Crippen LogP contribution in [-0.2, 0) is 9.31 Å². The third kappa shape index (κ3) is 3.62. The summed E-state index contributed by atoms with van der Waals surface area (Å²) in [6, 6.07) is 12.5. The highest BCUT2D eigenvalue weighted by molar-refractivity contribution is 6.62. The Balaban J connectivity index is 1.85. The van der Waals surface area contributed by atoms with E-state index >= 15 is 0 Å². The zero-order chi connectivity index (χ0) is 19.1. The predicted molar refractivity (Wildman–Crippen MR) is 110 cm³/mol. The van der Waals surface area contributed by atoms with E-state index in [0.29, 0.717) is 0 Å². The number of benzene rings is 2. The van der Waals surface area contributed by atoms with Crippen molar-refractivity contribution >= 4 is 24.5 Å². The van der Waals surface area contributed by atoms with Crippen molar-refractivity contribution in [2.24, 2.45) is 4.99 Å². The van der Waals surface area contributed by atoms with Gasteiger partial charge in [-0.05, 0) is 82.8 Å². The first-order valence-electron chi connectivity index (χ1n) is 9.16. The van der Waals surface area contributed by atoms with E-state index in [-0.39, 0.29) is 18.3 Å². The molecule has 0 unspecified atom stereocenters. The van der Waals surface area contributed by atoms with Gasteiger partial charge in [-0.15, -0.1) is 0 Å². The maximum Gasteiger partial charge on any atom is 0.494 e. The first kappa shape index (κ1) is 18.9. The monoisotopic (exact) mass is 349 g/mol. The first-order chi connectivity index (χ1) is 12.1. The number of nitrogens with zero attached hydrogens (tertiary/aromatic N) is 1. The molecule has 0 spiro atoms. The van der Waals surface area contributed by atoms with Gasteiger partial charge in [0.05, 0.1) is 16.9 Å². The minimum atomic E-state index is -0.363. The van der Waals surface area contributed by atoms with Crippen LogP contribution in [-0.4, -0.2) is 24.5 Å². The van der Waals surface area contributed by atoms with Gasteiger partial charge in [0.2, 0.25) is 0 Å². The zero-order valence-electron chi connectivity index (χ0n) is 16.9. The molecule has 0 bridgehead atoms. The average molecular weight is 349 g/mol. The molecule has 0 aromatic heterocycles. The van der Waals surface area contributed by atoms with Crippen LogP contribution < -0.4 is 5.46 Å². The zero-order valence-corrected chi connectivity index (χ0v) is 16.9. The Kier molecular flexibility index (Phi) is 4.85. The summed E-state index contributed by atoms with van der Waals surface area (Å²) in [6.45, 7) is 14.6. The van der Waals surface area contributed by atoms with Crippen LogP contribution in [0.3, 0.4) is 0 Å². The molecule has 2 aromatic rings. The number of hydrogen-bond donors (Lipinski definition) is 0. The predicted octanol–water partition coefficient (Wildman–Crippen LogP) is 4.66. The van der Waals surface area contributed by atoms with Crippen molar-refractivity contribution in [3.05, 3.63) is 58.7 Å². The highest BCUT2D eigenvalue weighted by atomic mass is 16.7. The molecule has 3 rings (SSSR count). The molecule has 0 amide bonds. The normalized spacial score (nSPS) is 18.7. The summed E-state index contributed by atoms with van der Waals surface area (Å²) in [7, 11) is -0.363. The Morgan fingerprint density at radius 1 is 0.885 bits per heavy atom. The molecule has 26 heavy (non-hydrogen) atoms. The molecule has 0 atom stereocenters. The fourth-order valence-corrected chi connectivity index (χ4v) is 3.26. The maximum absolute atomic E-state index is 6.15. The van der Waals surface area contributed by atoms with E-state index in [1.807, 2.05) is 30.5 Å². The highest BCUT2D eigenvalue weighted by Crippen LogP contribution is 2.36. The first-order valence-corrected chi connectivity index (χ1v) is 9.16. The van der Waals surface area contributed by atoms with E-state index < -0.39 is 0 Å². The molecule has 0 radical (unpaired) electrons. The smallest absolute Gasteiger partial charge is 0.399 e. The maximum atomic E-state index is 6.15. The molecule has 136 valence electrons. The summed E-state index contributed by atoms with van der Waals surface area (Å²) >= 11 is 0. The molecule has 1 aliphatic rings. The quantitative estimate of drug-likeness (QED) is 0.596. The van der Waals surface area contributed by atoms with Gasteiger partial charge in [-0.25, -0.2) is 0 Å². The van der Waals surface area contributed by atoms with E-state index in [2.05, 4.69) is 60.6 Å². The van der Waals surface area contributed by atoms with E-state index in [1.54, 1.807) is 0 Å². The van der Waals surface area contributed by atoms with Gasteiger partial charge in [0.15, 0.2) is 0 Å². The summed E-state index contributed by atoms with van der Waals surface area (Å²) in [5, 5.41) is 0. The second-order valence-electron chi connectivity index (χ2n) is 8.25. The standard InChI is InChI=1S/C22H28BNO2/c1-15-11-16(2)20(17(3)12-15)14-24-19-10-8-9-18(13-19)23-25-21(4,5)22(6,7)26-23/h8-14H,1-7H3. The molecular weight excluding hydrogens is 321 g/mol. The molecular formula is C22H28BNO2. The summed E-state index contributed by atoms with van der Waals surface area (Å²) in [4.78, 5) is 4.70. The van der Waals surface area contributed by atoms with E-state index in [4.69, 9.17) is 14.3 Å². The molecule has 4 heteroatoms. The summed E-state index contributed by atoms with van der Waals surface area (Å²) in [5.74, 6) is 0. The highest BCUT2D eigenvalue weighted by Gasteiger charge is 2.51. The fraction of sp³-hybridized carbons (Fsp3) is 0.409. The van der Waals surface area contributed by atoms with Crippen LogP contribution in [0.1, 0.15) is 49.9 Å². The van der Waals surface area contributed by atoms with E-state index in [9.17, 15) is 0 Å². The molecule has 1 fully saturated rings. The fourth-order valence-electron chi connectivity index (χ4n) is 3.26. The number of aryl methyl sites for hydroxylation is 3. The lowest BCUT2D eigenvalue weighted by Crippen LogP contribution is -2.41. The van der Waals surface area contributed by atoms with Gasteiger partial charge in [-0.3, -0.25) is 4.99 Å². The molecule has 0 saturated carbocycles. The van der Waals surface area contributed by atoms with Crippen LogP contribution in [0.15, 0.2) is 41.4 Å². The summed E-state index contributed by atoms with van der Waals surface area (Å²) in [5.41, 5.74) is 6.16. The van der Waals surface area contributed by atoms with Crippen LogP contribution >= 0.6 is 0 Å². The Morgan fingerprint density at radius 3 is 2.04 bits per heavy atom. The molecule has 1 saturated heterocycles. The van der Waals surface area contributed by atoms with Gasteiger partial charge in [-0.1, -0.05) is 29.8 Å². The van der Waals surface area contributed by atoms with Crippen LogP contribution in [0.5, 0.6) is 0 Å². The Morgan fingerprint density at radius 2 is 1.46 bits per heavy atom. The van der Waals surface area contributed by atoms with Crippen LogP contribution in [0.25, 0.3) is 0 Å². The molecule has 1 heterocycles. The molecule has 3 nitrogen and oxygen atoms in total. The molecule has 2 aromatic carbocycles. The van der Waals surface area contributed by atoms with Crippen molar-refractivity contribution in [3.63, 3.8) is 0 Å². The van der Waals surface area contributed by atoms with Crippen molar-refractivity contribution in [3.8, 4) is 0 Å². The van der Waals surface area contributed by atoms with Crippen molar-refractivity contribution in [1.82, 2.24) is 0 Å². The van der Waals surface area contributed by atoms with Gasteiger partial charge < -0.3 is 9.31 Å². The van der Waals surface area contributed by atoms with Crippen LogP contribution in [0.4, 0.5) is 5.69 Å². The number of aliphatic imine (C=N–C) groups is 1. The lowest BCUT2D eigenvalue weighted by molar-refractivity contribution is 0.00578. The van der Waals surface area contributed by atoms with Gasteiger partial charge >= 0.3 is 7.12 Å². The van der Waals surface area contributed by atoms with Gasteiger partial charge in [0.25, 0.3) is 0 Å². The van der Waals surface area contributed by atoms with Crippen LogP contribution in [0, 0.1) is 20.8 Å². The van der Waals surface area contributed by atoms with Crippen molar-refractivity contribution in [2.75, 3.05) is 0 Å². The minimum Gasteiger partial charge on any atom is -0.399 e. The topological polar surface area (TPSA) is 30.8 Å². The molecule has 0 aliphatic carbocycles. The Hall–Kier alpha value is -1.91.